The first-order chi connectivity index (χ1) is 21.2. The standard InChI is InChI=1S/C32H39F3N6O3/c33-32(34,35)44-26-4-2-1-3-21(26)17-37-29-38-18-24(16-36)28(41-29)39-19-30-13-20-11-22(14-30)27(23(12-20)15-30)40-25-5-7-31(8-6-25)42-9-10-43-31/h1-4,18,20,22-23,25,27,40H,5-15,17,19H2,(H2,37,38,39,41)/t20?,22-,23+,27-,30-. The van der Waals surface area contributed by atoms with E-state index in [0.29, 0.717) is 54.1 Å². The molecular weight excluding hydrogens is 573 g/mol. The molecule has 236 valence electrons. The van der Waals surface area contributed by atoms with Crippen molar-refractivity contribution in [3.8, 4) is 11.8 Å². The molecule has 0 radical (unpaired) electrons. The molecule has 5 atom stereocenters. The number of nitriles is 1. The van der Waals surface area contributed by atoms with Crippen molar-refractivity contribution in [3.63, 3.8) is 0 Å². The lowest BCUT2D eigenvalue weighted by atomic mass is 9.47. The number of rotatable bonds is 9. The van der Waals surface area contributed by atoms with Gasteiger partial charge in [-0.2, -0.15) is 10.2 Å². The Balaban J connectivity index is 0.977. The van der Waals surface area contributed by atoms with Crippen LogP contribution in [0.15, 0.2) is 30.5 Å². The maximum atomic E-state index is 12.8. The number of nitrogens with one attached hydrogen (secondary N) is 3. The monoisotopic (exact) mass is 612 g/mol. The molecule has 1 aromatic carbocycles. The number of ether oxygens (including phenoxy) is 3. The molecule has 3 N–H and O–H groups in total. The van der Waals surface area contributed by atoms with E-state index < -0.39 is 6.36 Å². The van der Waals surface area contributed by atoms with Crippen molar-refractivity contribution in [2.45, 2.75) is 88.6 Å². The lowest BCUT2D eigenvalue weighted by molar-refractivity contribution is -0.274. The van der Waals surface area contributed by atoms with Gasteiger partial charge in [0.05, 0.1) is 19.4 Å². The van der Waals surface area contributed by atoms with Crippen molar-refractivity contribution < 1.29 is 27.4 Å². The van der Waals surface area contributed by atoms with Gasteiger partial charge in [-0.15, -0.1) is 13.2 Å². The number of benzene rings is 1. The van der Waals surface area contributed by atoms with Gasteiger partial charge in [0.25, 0.3) is 0 Å². The van der Waals surface area contributed by atoms with Crippen molar-refractivity contribution in [2.75, 3.05) is 30.4 Å². The van der Waals surface area contributed by atoms with Gasteiger partial charge in [-0.25, -0.2) is 4.98 Å². The van der Waals surface area contributed by atoms with Crippen LogP contribution in [0.25, 0.3) is 0 Å². The van der Waals surface area contributed by atoms with E-state index in [4.69, 9.17) is 9.47 Å². The molecule has 1 aliphatic heterocycles. The van der Waals surface area contributed by atoms with E-state index in [1.54, 1.807) is 12.1 Å². The number of anilines is 2. The first kappa shape index (κ1) is 29.6. The van der Waals surface area contributed by atoms with Crippen LogP contribution in [0.2, 0.25) is 0 Å². The minimum Gasteiger partial charge on any atom is -0.405 e. The smallest absolute Gasteiger partial charge is 0.405 e. The molecular formula is C32H39F3N6O3. The normalized spacial score (nSPS) is 30.8. The molecule has 44 heavy (non-hydrogen) atoms. The number of para-hydroxylation sites is 1. The summed E-state index contributed by atoms with van der Waals surface area (Å²) in [4.78, 5) is 8.77. The van der Waals surface area contributed by atoms with Crippen molar-refractivity contribution in [2.24, 2.45) is 23.2 Å². The fourth-order valence-corrected chi connectivity index (χ4v) is 8.97. The van der Waals surface area contributed by atoms with Gasteiger partial charge < -0.3 is 30.2 Å². The second-order valence-electron chi connectivity index (χ2n) is 13.5. The molecule has 6 fully saturated rings. The van der Waals surface area contributed by atoms with E-state index in [0.717, 1.165) is 51.0 Å². The first-order valence-electron chi connectivity index (χ1n) is 15.8. The average molecular weight is 613 g/mol. The zero-order chi connectivity index (χ0) is 30.4. The van der Waals surface area contributed by atoms with Crippen LogP contribution in [-0.4, -0.2) is 54.0 Å². The minimum absolute atomic E-state index is 0.0307. The number of hydrogen-bond donors (Lipinski definition) is 3. The maximum absolute atomic E-state index is 12.8. The Morgan fingerprint density at radius 2 is 1.75 bits per heavy atom. The molecule has 2 aromatic rings. The Hall–Kier alpha value is -3.14. The van der Waals surface area contributed by atoms with E-state index >= 15 is 0 Å². The quantitative estimate of drug-likeness (QED) is 0.326. The molecule has 1 saturated heterocycles. The Bertz CT molecular complexity index is 1370. The van der Waals surface area contributed by atoms with Gasteiger partial charge in [-0.3, -0.25) is 0 Å². The predicted octanol–water partition coefficient (Wildman–Crippen LogP) is 5.74. The van der Waals surface area contributed by atoms with E-state index in [1.807, 2.05) is 0 Å². The highest BCUT2D eigenvalue weighted by Crippen LogP contribution is 2.60. The zero-order valence-corrected chi connectivity index (χ0v) is 24.7. The lowest BCUT2D eigenvalue weighted by Crippen LogP contribution is -2.61. The second kappa shape index (κ2) is 11.7. The van der Waals surface area contributed by atoms with Crippen molar-refractivity contribution in [3.05, 3.63) is 41.6 Å². The van der Waals surface area contributed by atoms with Crippen LogP contribution in [0.3, 0.4) is 0 Å². The molecule has 9 nitrogen and oxygen atoms in total. The van der Waals surface area contributed by atoms with Gasteiger partial charge in [0.2, 0.25) is 5.95 Å². The van der Waals surface area contributed by atoms with Crippen LogP contribution in [-0.2, 0) is 16.0 Å². The summed E-state index contributed by atoms with van der Waals surface area (Å²) in [5.74, 6) is 2.10. The predicted molar refractivity (Wildman–Crippen MR) is 155 cm³/mol. The molecule has 12 heteroatoms. The average Bonchev–Trinajstić information content (AvgIpc) is 3.45. The summed E-state index contributed by atoms with van der Waals surface area (Å²) in [6, 6.07) is 9.19. The highest BCUT2D eigenvalue weighted by Gasteiger charge is 2.55. The van der Waals surface area contributed by atoms with Gasteiger partial charge in [0.1, 0.15) is 23.2 Å². The van der Waals surface area contributed by atoms with E-state index in [-0.39, 0.29) is 29.4 Å². The van der Waals surface area contributed by atoms with Gasteiger partial charge in [-0.05, 0) is 74.2 Å². The second-order valence-corrected chi connectivity index (χ2v) is 13.5. The van der Waals surface area contributed by atoms with Crippen LogP contribution < -0.4 is 20.7 Å². The maximum Gasteiger partial charge on any atom is 0.573 e. The number of hydrogen-bond acceptors (Lipinski definition) is 9. The minimum atomic E-state index is -4.79. The number of alkyl halides is 3. The Kier molecular flexibility index (Phi) is 7.83. The summed E-state index contributed by atoms with van der Waals surface area (Å²) in [6.07, 6.45) is 6.84. The third kappa shape index (κ3) is 6.19. The summed E-state index contributed by atoms with van der Waals surface area (Å²) in [5.41, 5.74) is 0.818. The van der Waals surface area contributed by atoms with Crippen molar-refractivity contribution in [1.82, 2.24) is 15.3 Å². The van der Waals surface area contributed by atoms with Gasteiger partial charge in [0.15, 0.2) is 5.79 Å². The molecule has 1 spiro atoms. The molecule has 4 bridgehead atoms. The Morgan fingerprint density at radius 1 is 1.02 bits per heavy atom. The van der Waals surface area contributed by atoms with Gasteiger partial charge in [-0.1, -0.05) is 18.2 Å². The number of halogens is 3. The van der Waals surface area contributed by atoms with Crippen molar-refractivity contribution in [1.29, 1.82) is 5.26 Å². The van der Waals surface area contributed by atoms with E-state index in [2.05, 4.69) is 36.7 Å². The first-order valence-corrected chi connectivity index (χ1v) is 15.8. The van der Waals surface area contributed by atoms with Crippen LogP contribution in [0.1, 0.15) is 68.9 Å². The third-order valence-corrected chi connectivity index (χ3v) is 10.6. The summed E-state index contributed by atoms with van der Waals surface area (Å²) in [6.45, 7) is 2.18. The van der Waals surface area contributed by atoms with Crippen LogP contribution in [0, 0.1) is 34.5 Å². The molecule has 1 unspecified atom stereocenters. The number of nitrogens with zero attached hydrogens (tertiary/aromatic N) is 3. The molecule has 0 amide bonds. The SMILES string of the molecule is N#Cc1cnc(NCc2ccccc2OC(F)(F)F)nc1NC[C@]12CC3C[C@H](C1)[C@@H](NC1CCC4(CC1)OCCO4)[C@@H](C3)C2. The fraction of sp³-hybridized carbons (Fsp3) is 0.656. The molecule has 2 heterocycles. The van der Waals surface area contributed by atoms with E-state index in [1.165, 1.54) is 37.6 Å². The Morgan fingerprint density at radius 3 is 2.45 bits per heavy atom. The summed E-state index contributed by atoms with van der Waals surface area (Å²) in [5, 5.41) is 20.3. The summed E-state index contributed by atoms with van der Waals surface area (Å²) in [7, 11) is 0. The largest absolute Gasteiger partial charge is 0.573 e. The lowest BCUT2D eigenvalue weighted by Gasteiger charge is -2.61. The zero-order valence-electron chi connectivity index (χ0n) is 24.7. The molecule has 8 rings (SSSR count). The highest BCUT2D eigenvalue weighted by atomic mass is 19.4. The summed E-state index contributed by atoms with van der Waals surface area (Å²) >= 11 is 0. The molecule has 5 aliphatic carbocycles. The fourth-order valence-electron chi connectivity index (χ4n) is 8.97. The molecule has 6 aliphatic rings. The molecule has 1 aromatic heterocycles. The van der Waals surface area contributed by atoms with Gasteiger partial charge in [0, 0.05) is 43.6 Å². The van der Waals surface area contributed by atoms with Crippen molar-refractivity contribution >= 4 is 11.8 Å². The van der Waals surface area contributed by atoms with Crippen LogP contribution >= 0.6 is 0 Å². The topological polar surface area (TPSA) is 113 Å². The van der Waals surface area contributed by atoms with Crippen LogP contribution in [0.4, 0.5) is 24.9 Å². The highest BCUT2D eigenvalue weighted by molar-refractivity contribution is 5.53. The van der Waals surface area contributed by atoms with E-state index in [9.17, 15) is 18.4 Å². The van der Waals surface area contributed by atoms with Gasteiger partial charge >= 0.3 is 6.36 Å². The summed E-state index contributed by atoms with van der Waals surface area (Å²) < 4.78 is 54.5. The third-order valence-electron chi connectivity index (χ3n) is 10.6. The van der Waals surface area contributed by atoms with Crippen LogP contribution in [0.5, 0.6) is 5.75 Å². The molecule has 5 saturated carbocycles. The Labute approximate surface area is 255 Å². The number of aromatic nitrogens is 2.